The molecule has 0 aliphatic carbocycles. The summed E-state index contributed by atoms with van der Waals surface area (Å²) in [7, 11) is -3.18. The van der Waals surface area contributed by atoms with E-state index in [2.05, 4.69) is 10.1 Å². The number of benzene rings is 1. The van der Waals surface area contributed by atoms with Gasteiger partial charge in [-0.15, -0.1) is 0 Å². The molecule has 0 radical (unpaired) electrons. The number of aromatic nitrogens is 2. The van der Waals surface area contributed by atoms with Gasteiger partial charge >= 0.3 is 0 Å². The van der Waals surface area contributed by atoms with Crippen LogP contribution in [0.5, 0.6) is 5.75 Å². The second-order valence-electron chi connectivity index (χ2n) is 6.42. The quantitative estimate of drug-likeness (QED) is 0.780. The zero-order valence-electron chi connectivity index (χ0n) is 14.5. The molecule has 1 aromatic carbocycles. The third-order valence-electron chi connectivity index (χ3n) is 4.27. The van der Waals surface area contributed by atoms with Gasteiger partial charge in [0.2, 0.25) is 15.9 Å². The van der Waals surface area contributed by atoms with Crippen LogP contribution in [0.25, 0.3) is 0 Å². The summed E-state index contributed by atoms with van der Waals surface area (Å²) in [6, 6.07) is 7.86. The van der Waals surface area contributed by atoms with Crippen LogP contribution in [0.4, 0.5) is 0 Å². The van der Waals surface area contributed by atoms with Gasteiger partial charge in [0.05, 0.1) is 18.8 Å². The number of aryl methyl sites for hydroxylation is 1. The van der Waals surface area contributed by atoms with Crippen molar-refractivity contribution in [3.63, 3.8) is 0 Å². The van der Waals surface area contributed by atoms with Crippen molar-refractivity contribution in [1.29, 1.82) is 0 Å². The van der Waals surface area contributed by atoms with Crippen molar-refractivity contribution in [2.75, 3.05) is 26.0 Å². The lowest BCUT2D eigenvalue weighted by Crippen LogP contribution is -2.38. The van der Waals surface area contributed by atoms with Crippen molar-refractivity contribution in [1.82, 2.24) is 14.4 Å². The number of hydrogen-bond donors (Lipinski definition) is 0. The molecule has 0 amide bonds. The SMILES string of the molecule is Cc1cccc(OCCc2noc(C3CCCN(S(C)(=O)=O)C3)n2)c1. The molecular formula is C17H23N3O4S. The Balaban J connectivity index is 1.55. The first-order valence-corrected chi connectivity index (χ1v) is 10.2. The first-order chi connectivity index (χ1) is 11.9. The smallest absolute Gasteiger partial charge is 0.231 e. The molecule has 1 atom stereocenters. The molecule has 0 bridgehead atoms. The molecule has 25 heavy (non-hydrogen) atoms. The lowest BCUT2D eigenvalue weighted by atomic mass is 10.00. The number of piperidine rings is 1. The van der Waals surface area contributed by atoms with Gasteiger partial charge in [0.1, 0.15) is 5.75 Å². The maximum absolute atomic E-state index is 11.7. The van der Waals surface area contributed by atoms with Gasteiger partial charge < -0.3 is 9.26 Å². The Kier molecular flexibility index (Phi) is 5.39. The maximum Gasteiger partial charge on any atom is 0.231 e. The predicted octanol–water partition coefficient (Wildman–Crippen LogP) is 2.14. The molecule has 0 spiro atoms. The van der Waals surface area contributed by atoms with Crippen molar-refractivity contribution in [3.05, 3.63) is 41.5 Å². The summed E-state index contributed by atoms with van der Waals surface area (Å²) >= 11 is 0. The second-order valence-corrected chi connectivity index (χ2v) is 8.41. The van der Waals surface area contributed by atoms with E-state index in [-0.39, 0.29) is 5.92 Å². The van der Waals surface area contributed by atoms with E-state index in [0.717, 1.165) is 24.2 Å². The molecule has 1 unspecified atom stereocenters. The molecular weight excluding hydrogens is 342 g/mol. The first-order valence-electron chi connectivity index (χ1n) is 8.39. The monoisotopic (exact) mass is 365 g/mol. The van der Waals surface area contributed by atoms with Gasteiger partial charge in [0, 0.05) is 19.5 Å². The van der Waals surface area contributed by atoms with Crippen molar-refractivity contribution in [3.8, 4) is 5.75 Å². The lowest BCUT2D eigenvalue weighted by Gasteiger charge is -2.28. The van der Waals surface area contributed by atoms with Gasteiger partial charge in [-0.25, -0.2) is 12.7 Å². The second kappa shape index (κ2) is 7.53. The van der Waals surface area contributed by atoms with Crippen molar-refractivity contribution >= 4 is 10.0 Å². The van der Waals surface area contributed by atoms with Crippen LogP contribution >= 0.6 is 0 Å². The summed E-state index contributed by atoms with van der Waals surface area (Å²) < 4.78 is 35.9. The Morgan fingerprint density at radius 2 is 2.24 bits per heavy atom. The van der Waals surface area contributed by atoms with Crippen molar-refractivity contribution in [2.45, 2.75) is 32.1 Å². The predicted molar refractivity (Wildman–Crippen MR) is 93.1 cm³/mol. The van der Waals surface area contributed by atoms with Crippen molar-refractivity contribution < 1.29 is 17.7 Å². The summed E-state index contributed by atoms with van der Waals surface area (Å²) in [6.45, 7) is 3.44. The molecule has 2 aromatic rings. The van der Waals surface area contributed by atoms with E-state index in [1.807, 2.05) is 31.2 Å². The number of ether oxygens (including phenoxy) is 1. The van der Waals surface area contributed by atoms with E-state index in [1.165, 1.54) is 10.6 Å². The lowest BCUT2D eigenvalue weighted by molar-refractivity contribution is 0.265. The molecule has 0 N–H and O–H groups in total. The van der Waals surface area contributed by atoms with Crippen LogP contribution in [0, 0.1) is 6.92 Å². The Morgan fingerprint density at radius 1 is 1.40 bits per heavy atom. The third-order valence-corrected chi connectivity index (χ3v) is 5.54. The molecule has 1 fully saturated rings. The van der Waals surface area contributed by atoms with Crippen molar-refractivity contribution in [2.24, 2.45) is 0 Å². The minimum Gasteiger partial charge on any atom is -0.493 e. The molecule has 7 nitrogen and oxygen atoms in total. The fourth-order valence-corrected chi connectivity index (χ4v) is 3.86. The average Bonchev–Trinajstić information content (AvgIpc) is 3.03. The Morgan fingerprint density at radius 3 is 3.00 bits per heavy atom. The van der Waals surface area contributed by atoms with Gasteiger partial charge in [0.15, 0.2) is 5.82 Å². The van der Waals surface area contributed by atoms with Crippen LogP contribution in [-0.2, 0) is 16.4 Å². The average molecular weight is 365 g/mol. The minimum absolute atomic E-state index is 0.0394. The normalized spacial score (nSPS) is 19.0. The zero-order valence-corrected chi connectivity index (χ0v) is 15.3. The fraction of sp³-hybridized carbons (Fsp3) is 0.529. The molecule has 2 heterocycles. The van der Waals surface area contributed by atoms with Crippen LogP contribution in [0.1, 0.15) is 36.0 Å². The summed E-state index contributed by atoms with van der Waals surface area (Å²) in [5.74, 6) is 1.88. The van der Waals surface area contributed by atoms with Crippen LogP contribution in [0.15, 0.2) is 28.8 Å². The standard InChI is InChI=1S/C17H23N3O4S/c1-13-5-3-7-15(11-13)23-10-8-16-18-17(24-19-16)14-6-4-9-20(12-14)25(2,21)22/h3,5,7,11,14H,4,6,8-10,12H2,1-2H3. The molecule has 0 saturated carbocycles. The number of hydrogen-bond acceptors (Lipinski definition) is 6. The topological polar surface area (TPSA) is 85.5 Å². The highest BCUT2D eigenvalue weighted by Gasteiger charge is 2.30. The van der Waals surface area contributed by atoms with Crippen LogP contribution < -0.4 is 4.74 Å². The summed E-state index contributed by atoms with van der Waals surface area (Å²) in [5.41, 5.74) is 1.15. The van der Waals surface area contributed by atoms with Crippen LogP contribution in [0.2, 0.25) is 0 Å². The highest BCUT2D eigenvalue weighted by atomic mass is 32.2. The number of nitrogens with zero attached hydrogens (tertiary/aromatic N) is 3. The summed E-state index contributed by atoms with van der Waals surface area (Å²) in [4.78, 5) is 4.42. The minimum atomic E-state index is -3.18. The van der Waals surface area contributed by atoms with Gasteiger partial charge in [0.25, 0.3) is 0 Å². The van der Waals surface area contributed by atoms with Gasteiger partial charge in [-0.2, -0.15) is 4.98 Å². The Bertz CT molecular complexity index is 819. The maximum atomic E-state index is 11.7. The largest absolute Gasteiger partial charge is 0.493 e. The molecule has 136 valence electrons. The zero-order chi connectivity index (χ0) is 17.9. The Labute approximate surface area is 148 Å². The molecule has 1 saturated heterocycles. The van der Waals surface area contributed by atoms with E-state index in [0.29, 0.717) is 37.8 Å². The van der Waals surface area contributed by atoms with Crippen LogP contribution in [-0.4, -0.2) is 48.8 Å². The Hall–Kier alpha value is -1.93. The summed E-state index contributed by atoms with van der Waals surface area (Å²) in [6.07, 6.45) is 3.43. The summed E-state index contributed by atoms with van der Waals surface area (Å²) in [5, 5.41) is 3.99. The fourth-order valence-electron chi connectivity index (χ4n) is 2.95. The number of sulfonamides is 1. The first kappa shape index (κ1) is 17.9. The van der Waals surface area contributed by atoms with E-state index >= 15 is 0 Å². The van der Waals surface area contributed by atoms with E-state index < -0.39 is 10.0 Å². The van der Waals surface area contributed by atoms with Gasteiger partial charge in [-0.05, 0) is 37.5 Å². The highest BCUT2D eigenvalue weighted by Crippen LogP contribution is 2.27. The van der Waals surface area contributed by atoms with E-state index in [1.54, 1.807) is 0 Å². The van der Waals surface area contributed by atoms with E-state index in [9.17, 15) is 8.42 Å². The molecule has 1 aliphatic heterocycles. The number of rotatable bonds is 6. The molecule has 1 aromatic heterocycles. The molecule has 3 rings (SSSR count). The van der Waals surface area contributed by atoms with Gasteiger partial charge in [-0.3, -0.25) is 0 Å². The van der Waals surface area contributed by atoms with Gasteiger partial charge in [-0.1, -0.05) is 17.3 Å². The highest BCUT2D eigenvalue weighted by molar-refractivity contribution is 7.88. The molecule has 8 heteroatoms. The van der Waals surface area contributed by atoms with E-state index in [4.69, 9.17) is 9.26 Å². The van der Waals surface area contributed by atoms with Crippen LogP contribution in [0.3, 0.4) is 0 Å². The third kappa shape index (κ3) is 4.79. The molecule has 1 aliphatic rings.